The lowest BCUT2D eigenvalue weighted by Gasteiger charge is -2.25. The Morgan fingerprint density at radius 1 is 1.29 bits per heavy atom. The first-order chi connectivity index (χ1) is 7.85. The average Bonchev–Trinajstić information content (AvgIpc) is 2.25. The van der Waals surface area contributed by atoms with Crippen LogP contribution >= 0.6 is 0 Å². The van der Waals surface area contributed by atoms with Crippen molar-refractivity contribution >= 4 is 5.69 Å². The SMILES string of the molecule is CC[C@@H](N)c1ccccc1N(C)CC(F)(F)F. The summed E-state index contributed by atoms with van der Waals surface area (Å²) in [5, 5.41) is 0. The van der Waals surface area contributed by atoms with Crippen molar-refractivity contribution in [2.24, 2.45) is 5.73 Å². The molecule has 0 bridgehead atoms. The van der Waals surface area contributed by atoms with Crippen LogP contribution in [0.15, 0.2) is 24.3 Å². The van der Waals surface area contributed by atoms with Gasteiger partial charge in [-0.1, -0.05) is 25.1 Å². The number of anilines is 1. The first-order valence-corrected chi connectivity index (χ1v) is 5.47. The van der Waals surface area contributed by atoms with E-state index in [0.717, 1.165) is 5.56 Å². The van der Waals surface area contributed by atoms with Crippen molar-refractivity contribution in [3.05, 3.63) is 29.8 Å². The summed E-state index contributed by atoms with van der Waals surface area (Å²) in [5.41, 5.74) is 7.18. The quantitative estimate of drug-likeness (QED) is 0.884. The van der Waals surface area contributed by atoms with Crippen molar-refractivity contribution < 1.29 is 13.2 Å². The van der Waals surface area contributed by atoms with Gasteiger partial charge in [0.25, 0.3) is 0 Å². The smallest absolute Gasteiger partial charge is 0.365 e. The molecule has 2 N–H and O–H groups in total. The van der Waals surface area contributed by atoms with Gasteiger partial charge in [-0.25, -0.2) is 0 Å². The molecule has 1 aromatic carbocycles. The second-order valence-electron chi connectivity index (χ2n) is 4.04. The summed E-state index contributed by atoms with van der Waals surface area (Å²) < 4.78 is 37.0. The van der Waals surface area contributed by atoms with Crippen LogP contribution in [0.3, 0.4) is 0 Å². The molecule has 0 fully saturated rings. The van der Waals surface area contributed by atoms with Crippen LogP contribution in [0, 0.1) is 0 Å². The van der Waals surface area contributed by atoms with E-state index in [1.807, 2.05) is 6.92 Å². The number of benzene rings is 1. The first kappa shape index (κ1) is 13.8. The minimum absolute atomic E-state index is 0.234. The normalized spacial score (nSPS) is 13.5. The summed E-state index contributed by atoms with van der Waals surface area (Å²) in [6.45, 7) is 0.936. The zero-order valence-corrected chi connectivity index (χ0v) is 9.96. The largest absolute Gasteiger partial charge is 0.405 e. The van der Waals surface area contributed by atoms with Crippen LogP contribution in [0.1, 0.15) is 24.9 Å². The molecule has 5 heteroatoms. The van der Waals surface area contributed by atoms with Crippen LogP contribution in [0.2, 0.25) is 0 Å². The second kappa shape index (κ2) is 5.40. The Hall–Kier alpha value is -1.23. The van der Waals surface area contributed by atoms with Crippen molar-refractivity contribution in [3.63, 3.8) is 0 Å². The summed E-state index contributed by atoms with van der Waals surface area (Å²) >= 11 is 0. The Morgan fingerprint density at radius 3 is 2.41 bits per heavy atom. The molecule has 0 saturated heterocycles. The van der Waals surface area contributed by atoms with Crippen LogP contribution in [-0.4, -0.2) is 19.8 Å². The molecule has 0 heterocycles. The molecule has 0 radical (unpaired) electrons. The summed E-state index contributed by atoms with van der Waals surface area (Å²) in [5.74, 6) is 0. The molecule has 96 valence electrons. The molecule has 0 amide bonds. The highest BCUT2D eigenvalue weighted by Crippen LogP contribution is 2.28. The average molecular weight is 246 g/mol. The monoisotopic (exact) mass is 246 g/mol. The predicted octanol–water partition coefficient (Wildman–Crippen LogP) is 3.09. The van der Waals surface area contributed by atoms with Crippen molar-refractivity contribution in [3.8, 4) is 0 Å². The van der Waals surface area contributed by atoms with Crippen LogP contribution in [-0.2, 0) is 0 Å². The highest BCUT2D eigenvalue weighted by molar-refractivity contribution is 5.54. The van der Waals surface area contributed by atoms with Gasteiger partial charge in [0, 0.05) is 18.8 Å². The molecular weight excluding hydrogens is 229 g/mol. The van der Waals surface area contributed by atoms with Gasteiger partial charge in [0.2, 0.25) is 0 Å². The number of hydrogen-bond donors (Lipinski definition) is 1. The number of hydrogen-bond acceptors (Lipinski definition) is 2. The zero-order chi connectivity index (χ0) is 13.1. The molecule has 0 spiro atoms. The summed E-state index contributed by atoms with van der Waals surface area (Å²) in [6, 6.07) is 6.71. The molecule has 0 aliphatic heterocycles. The first-order valence-electron chi connectivity index (χ1n) is 5.47. The zero-order valence-electron chi connectivity index (χ0n) is 9.96. The second-order valence-corrected chi connectivity index (χ2v) is 4.04. The van der Waals surface area contributed by atoms with E-state index in [9.17, 15) is 13.2 Å². The molecule has 2 nitrogen and oxygen atoms in total. The Bertz CT molecular complexity index is 363. The number of para-hydroxylation sites is 1. The molecule has 17 heavy (non-hydrogen) atoms. The van der Waals surface area contributed by atoms with E-state index in [1.54, 1.807) is 24.3 Å². The van der Waals surface area contributed by atoms with E-state index in [2.05, 4.69) is 0 Å². The Balaban J connectivity index is 2.97. The van der Waals surface area contributed by atoms with E-state index in [1.165, 1.54) is 11.9 Å². The molecule has 1 atom stereocenters. The fraction of sp³-hybridized carbons (Fsp3) is 0.500. The van der Waals surface area contributed by atoms with Gasteiger partial charge in [0.05, 0.1) is 0 Å². The Morgan fingerprint density at radius 2 is 1.88 bits per heavy atom. The van der Waals surface area contributed by atoms with Gasteiger partial charge in [-0.05, 0) is 18.1 Å². The number of nitrogens with zero attached hydrogens (tertiary/aromatic N) is 1. The van der Waals surface area contributed by atoms with Gasteiger partial charge in [0.1, 0.15) is 6.54 Å². The molecule has 0 aliphatic carbocycles. The van der Waals surface area contributed by atoms with Crippen LogP contribution in [0.25, 0.3) is 0 Å². The van der Waals surface area contributed by atoms with Crippen molar-refractivity contribution in [2.45, 2.75) is 25.6 Å². The summed E-state index contributed by atoms with van der Waals surface area (Å²) in [4.78, 5) is 1.19. The van der Waals surface area contributed by atoms with Gasteiger partial charge in [-0.15, -0.1) is 0 Å². The molecule has 0 aromatic heterocycles. The van der Waals surface area contributed by atoms with Gasteiger partial charge >= 0.3 is 6.18 Å². The molecule has 1 rings (SSSR count). The van der Waals surface area contributed by atoms with E-state index >= 15 is 0 Å². The molecule has 0 unspecified atom stereocenters. The fourth-order valence-electron chi connectivity index (χ4n) is 1.72. The number of rotatable bonds is 4. The van der Waals surface area contributed by atoms with Crippen LogP contribution in [0.5, 0.6) is 0 Å². The lowest BCUT2D eigenvalue weighted by Crippen LogP contribution is -2.32. The molecule has 1 aromatic rings. The maximum Gasteiger partial charge on any atom is 0.405 e. The molecular formula is C12H17F3N2. The maximum atomic E-state index is 12.3. The van der Waals surface area contributed by atoms with Gasteiger partial charge in [-0.3, -0.25) is 0 Å². The summed E-state index contributed by atoms with van der Waals surface area (Å²) in [6.07, 6.45) is -3.52. The van der Waals surface area contributed by atoms with Crippen molar-refractivity contribution in [2.75, 3.05) is 18.5 Å². The number of nitrogens with two attached hydrogens (primary N) is 1. The van der Waals surface area contributed by atoms with Crippen molar-refractivity contribution in [1.82, 2.24) is 0 Å². The highest BCUT2D eigenvalue weighted by atomic mass is 19.4. The number of alkyl halides is 3. The minimum atomic E-state index is -4.21. The number of halogens is 3. The maximum absolute atomic E-state index is 12.3. The topological polar surface area (TPSA) is 29.3 Å². The van der Waals surface area contributed by atoms with Crippen LogP contribution < -0.4 is 10.6 Å². The highest BCUT2D eigenvalue weighted by Gasteiger charge is 2.30. The third-order valence-electron chi connectivity index (χ3n) is 2.60. The van der Waals surface area contributed by atoms with E-state index in [4.69, 9.17) is 5.73 Å². The third kappa shape index (κ3) is 3.93. The van der Waals surface area contributed by atoms with E-state index < -0.39 is 12.7 Å². The standard InChI is InChI=1S/C12H17F3N2/c1-3-10(16)9-6-4-5-7-11(9)17(2)8-12(13,14)15/h4-7,10H,3,8,16H2,1-2H3/t10-/m1/s1. The fourth-order valence-corrected chi connectivity index (χ4v) is 1.72. The lowest BCUT2D eigenvalue weighted by molar-refractivity contribution is -0.119. The molecule has 0 aliphatic rings. The van der Waals surface area contributed by atoms with Gasteiger partial charge in [-0.2, -0.15) is 13.2 Å². The molecule has 0 saturated carbocycles. The predicted molar refractivity (Wildman–Crippen MR) is 63.0 cm³/mol. The van der Waals surface area contributed by atoms with Crippen molar-refractivity contribution in [1.29, 1.82) is 0 Å². The van der Waals surface area contributed by atoms with Gasteiger partial charge < -0.3 is 10.6 Å². The summed E-state index contributed by atoms with van der Waals surface area (Å²) in [7, 11) is 1.43. The van der Waals surface area contributed by atoms with E-state index in [-0.39, 0.29) is 6.04 Å². The Kier molecular flexibility index (Phi) is 4.40. The third-order valence-corrected chi connectivity index (χ3v) is 2.60. The van der Waals surface area contributed by atoms with Crippen LogP contribution in [0.4, 0.5) is 18.9 Å². The Labute approximate surface area is 99.2 Å². The minimum Gasteiger partial charge on any atom is -0.365 e. The van der Waals surface area contributed by atoms with E-state index in [0.29, 0.717) is 12.1 Å². The lowest BCUT2D eigenvalue weighted by atomic mass is 10.0. The van der Waals surface area contributed by atoms with Gasteiger partial charge in [0.15, 0.2) is 0 Å².